The van der Waals surface area contributed by atoms with Gasteiger partial charge in [-0.1, -0.05) is 12.1 Å². The molecule has 28 heavy (non-hydrogen) atoms. The summed E-state index contributed by atoms with van der Waals surface area (Å²) in [7, 11) is 0. The number of benzene rings is 2. The maximum atomic E-state index is 12.8. The Labute approximate surface area is 164 Å². The first-order valence-corrected chi connectivity index (χ1v) is 10.0. The third-order valence-electron chi connectivity index (χ3n) is 5.54. The number of piperidine rings is 1. The summed E-state index contributed by atoms with van der Waals surface area (Å²) in [4.78, 5) is 14.8. The van der Waals surface area contributed by atoms with Gasteiger partial charge in [-0.2, -0.15) is 15.4 Å². The van der Waals surface area contributed by atoms with Crippen molar-refractivity contribution in [2.75, 3.05) is 19.7 Å². The lowest BCUT2D eigenvalue weighted by Crippen LogP contribution is -2.38. The summed E-state index contributed by atoms with van der Waals surface area (Å²) >= 11 is 0. The molecule has 0 radical (unpaired) electrons. The molecule has 0 spiro atoms. The van der Waals surface area contributed by atoms with Gasteiger partial charge in [0.15, 0.2) is 0 Å². The zero-order chi connectivity index (χ0) is 19.3. The lowest BCUT2D eigenvalue weighted by molar-refractivity contribution is 0.0687. The van der Waals surface area contributed by atoms with Gasteiger partial charge in [-0.3, -0.25) is 4.79 Å². The van der Waals surface area contributed by atoms with Crippen LogP contribution in [0.1, 0.15) is 42.1 Å². The number of H-pyrrole nitrogens is 1. The number of aromatic nitrogens is 3. The highest BCUT2D eigenvalue weighted by Crippen LogP contribution is 2.24. The highest BCUT2D eigenvalue weighted by molar-refractivity contribution is 5.97. The summed E-state index contributed by atoms with van der Waals surface area (Å²) in [5.74, 6) is 1.70. The molecule has 2 heterocycles. The number of hydrogen-bond acceptors (Lipinski definition) is 4. The number of ether oxygens (including phenoxy) is 1. The van der Waals surface area contributed by atoms with E-state index in [1.54, 1.807) is 0 Å². The Balaban J connectivity index is 1.27. The van der Waals surface area contributed by atoms with E-state index in [0.29, 0.717) is 18.1 Å². The van der Waals surface area contributed by atoms with Crippen LogP contribution in [0, 0.1) is 5.92 Å². The fraction of sp³-hybridized carbons (Fsp3) is 0.409. The highest BCUT2D eigenvalue weighted by Gasteiger charge is 2.23. The number of hydrogen-bond donors (Lipinski definition) is 1. The van der Waals surface area contributed by atoms with Crippen molar-refractivity contribution in [1.29, 1.82) is 0 Å². The van der Waals surface area contributed by atoms with E-state index in [1.807, 2.05) is 42.2 Å². The summed E-state index contributed by atoms with van der Waals surface area (Å²) in [6, 6.07) is 13.9. The molecule has 1 amide bonds. The first kappa shape index (κ1) is 18.5. The van der Waals surface area contributed by atoms with Crippen LogP contribution in [0.25, 0.3) is 11.0 Å². The molecule has 4 rings (SSSR count). The van der Waals surface area contributed by atoms with E-state index in [0.717, 1.165) is 49.1 Å². The molecule has 6 heteroatoms. The van der Waals surface area contributed by atoms with Crippen molar-refractivity contribution in [3.05, 3.63) is 53.6 Å². The summed E-state index contributed by atoms with van der Waals surface area (Å²) in [5.41, 5.74) is 3.55. The summed E-state index contributed by atoms with van der Waals surface area (Å²) < 4.78 is 5.50. The Morgan fingerprint density at radius 3 is 2.61 bits per heavy atom. The summed E-state index contributed by atoms with van der Waals surface area (Å²) in [6.45, 7) is 4.34. The lowest BCUT2D eigenvalue weighted by Gasteiger charge is -2.32. The Morgan fingerprint density at radius 2 is 1.86 bits per heavy atom. The van der Waals surface area contributed by atoms with Crippen LogP contribution >= 0.6 is 0 Å². The van der Waals surface area contributed by atoms with Gasteiger partial charge >= 0.3 is 0 Å². The van der Waals surface area contributed by atoms with Crippen LogP contribution in [-0.4, -0.2) is 45.9 Å². The highest BCUT2D eigenvalue weighted by atomic mass is 16.5. The molecule has 146 valence electrons. The van der Waals surface area contributed by atoms with Crippen molar-refractivity contribution in [3.8, 4) is 5.75 Å². The molecule has 6 nitrogen and oxygen atoms in total. The molecule has 0 bridgehead atoms. The number of nitrogens with one attached hydrogen (secondary N) is 1. The van der Waals surface area contributed by atoms with E-state index < -0.39 is 0 Å². The molecule has 1 fully saturated rings. The lowest BCUT2D eigenvalue weighted by atomic mass is 9.90. The number of fused-ring (bicyclic) bond motifs is 1. The van der Waals surface area contributed by atoms with Crippen molar-refractivity contribution in [1.82, 2.24) is 20.3 Å². The minimum Gasteiger partial charge on any atom is -0.494 e. The number of carbonyl (C=O) groups excluding carboxylic acids is 1. The van der Waals surface area contributed by atoms with Crippen LogP contribution in [0.3, 0.4) is 0 Å². The maximum absolute atomic E-state index is 12.8. The third-order valence-corrected chi connectivity index (χ3v) is 5.54. The molecule has 0 aliphatic carbocycles. The monoisotopic (exact) mass is 378 g/mol. The number of likely N-dealkylation sites (tertiary alicyclic amines) is 1. The average molecular weight is 378 g/mol. The number of aryl methyl sites for hydroxylation is 1. The molecule has 3 aromatic rings. The van der Waals surface area contributed by atoms with Gasteiger partial charge in [0.2, 0.25) is 0 Å². The smallest absolute Gasteiger partial charge is 0.253 e. The van der Waals surface area contributed by atoms with Crippen molar-refractivity contribution in [2.24, 2.45) is 5.92 Å². The normalized spacial score (nSPS) is 15.1. The van der Waals surface area contributed by atoms with E-state index in [-0.39, 0.29) is 5.91 Å². The predicted molar refractivity (Wildman–Crippen MR) is 108 cm³/mol. The van der Waals surface area contributed by atoms with Gasteiger partial charge in [-0.05, 0) is 74.4 Å². The summed E-state index contributed by atoms with van der Waals surface area (Å²) in [6.07, 6.45) is 4.37. The number of carbonyl (C=O) groups is 1. The molecule has 1 aromatic heterocycles. The van der Waals surface area contributed by atoms with Gasteiger partial charge in [0.25, 0.3) is 5.91 Å². The Kier molecular flexibility index (Phi) is 5.55. The molecule has 0 atom stereocenters. The van der Waals surface area contributed by atoms with E-state index in [9.17, 15) is 4.79 Å². The molecular formula is C22H26N4O2. The van der Waals surface area contributed by atoms with Gasteiger partial charge in [0.05, 0.1) is 6.61 Å². The number of aromatic amines is 1. The third kappa shape index (κ3) is 4.16. The second-order valence-corrected chi connectivity index (χ2v) is 7.38. The molecule has 1 N–H and O–H groups in total. The SMILES string of the molecule is CCOc1ccc(CCC2CCN(C(=O)c3ccc4n[nH]nc4c3)CC2)cc1. The van der Waals surface area contributed by atoms with E-state index in [2.05, 4.69) is 27.5 Å². The van der Waals surface area contributed by atoms with Gasteiger partial charge in [-0.15, -0.1) is 0 Å². The fourth-order valence-electron chi connectivity index (χ4n) is 3.87. The molecule has 2 aromatic carbocycles. The van der Waals surface area contributed by atoms with E-state index >= 15 is 0 Å². The number of rotatable bonds is 6. The molecule has 0 unspecified atom stereocenters. The van der Waals surface area contributed by atoms with Gasteiger partial charge in [0, 0.05) is 18.7 Å². The standard InChI is InChI=1S/C22H26N4O2/c1-2-28-19-8-5-16(6-9-19)3-4-17-11-13-26(14-12-17)22(27)18-7-10-20-21(15-18)24-25-23-20/h5-10,15,17H,2-4,11-14H2,1H3,(H,23,24,25). The van der Waals surface area contributed by atoms with Crippen LogP contribution in [-0.2, 0) is 6.42 Å². The Bertz CT molecular complexity index is 927. The Hall–Kier alpha value is -2.89. The second kappa shape index (κ2) is 8.42. The van der Waals surface area contributed by atoms with Crippen LogP contribution < -0.4 is 4.74 Å². The molecule has 1 aliphatic heterocycles. The average Bonchev–Trinajstić information content (AvgIpc) is 3.21. The largest absolute Gasteiger partial charge is 0.494 e. The minimum absolute atomic E-state index is 0.0925. The van der Waals surface area contributed by atoms with Crippen molar-refractivity contribution < 1.29 is 9.53 Å². The molecule has 1 saturated heterocycles. The second-order valence-electron chi connectivity index (χ2n) is 7.38. The first-order chi connectivity index (χ1) is 13.7. The van der Waals surface area contributed by atoms with Crippen LogP contribution in [0.4, 0.5) is 0 Å². The predicted octanol–water partition coefficient (Wildman–Crippen LogP) is 3.84. The minimum atomic E-state index is 0.0925. The number of nitrogens with zero attached hydrogens (tertiary/aromatic N) is 3. The number of amides is 1. The maximum Gasteiger partial charge on any atom is 0.253 e. The zero-order valence-electron chi connectivity index (χ0n) is 16.2. The van der Waals surface area contributed by atoms with Gasteiger partial charge in [-0.25, -0.2) is 0 Å². The molecular weight excluding hydrogens is 352 g/mol. The molecule has 1 aliphatic rings. The van der Waals surface area contributed by atoms with E-state index in [4.69, 9.17) is 4.74 Å². The van der Waals surface area contributed by atoms with Crippen LogP contribution in [0.5, 0.6) is 5.75 Å². The van der Waals surface area contributed by atoms with Crippen molar-refractivity contribution in [2.45, 2.75) is 32.6 Å². The zero-order valence-corrected chi connectivity index (χ0v) is 16.2. The van der Waals surface area contributed by atoms with Gasteiger partial charge < -0.3 is 9.64 Å². The quantitative estimate of drug-likeness (QED) is 0.707. The Morgan fingerprint density at radius 1 is 1.11 bits per heavy atom. The van der Waals surface area contributed by atoms with Crippen LogP contribution in [0.15, 0.2) is 42.5 Å². The topological polar surface area (TPSA) is 71.1 Å². The first-order valence-electron chi connectivity index (χ1n) is 10.0. The van der Waals surface area contributed by atoms with Crippen molar-refractivity contribution >= 4 is 16.9 Å². The van der Waals surface area contributed by atoms with Crippen molar-refractivity contribution in [3.63, 3.8) is 0 Å². The molecule has 0 saturated carbocycles. The summed E-state index contributed by atoms with van der Waals surface area (Å²) in [5, 5.41) is 10.7. The van der Waals surface area contributed by atoms with Gasteiger partial charge in [0.1, 0.15) is 16.8 Å². The van der Waals surface area contributed by atoms with E-state index in [1.165, 1.54) is 12.0 Å². The fourth-order valence-corrected chi connectivity index (χ4v) is 3.87. The van der Waals surface area contributed by atoms with Crippen LogP contribution in [0.2, 0.25) is 0 Å².